The van der Waals surface area contributed by atoms with Crippen LogP contribution in [-0.2, 0) is 10.7 Å². The van der Waals surface area contributed by atoms with E-state index < -0.39 is 12.5 Å². The van der Waals surface area contributed by atoms with Crippen LogP contribution in [0.1, 0.15) is 38.2 Å². The Balaban J connectivity index is 0.00000312. The van der Waals surface area contributed by atoms with Crippen LogP contribution in [0.5, 0.6) is 5.75 Å². The first-order valence-electron chi connectivity index (χ1n) is 8.62. The normalized spacial score (nSPS) is 14.3. The van der Waals surface area contributed by atoms with Gasteiger partial charge in [0.15, 0.2) is 0 Å². The van der Waals surface area contributed by atoms with Gasteiger partial charge in [0.2, 0.25) is 5.91 Å². The molecule has 2 rings (SSSR count). The molecule has 1 fully saturated rings. The molecule has 0 aromatic heterocycles. The van der Waals surface area contributed by atoms with Gasteiger partial charge in [0.1, 0.15) is 5.75 Å². The lowest BCUT2D eigenvalue weighted by Crippen LogP contribution is -2.40. The van der Waals surface area contributed by atoms with Gasteiger partial charge in [0, 0.05) is 18.7 Å². The first kappa shape index (κ1) is 21.6. The molecule has 1 aromatic carbocycles. The van der Waals surface area contributed by atoms with Crippen molar-refractivity contribution in [1.82, 2.24) is 10.2 Å². The molecule has 1 N–H and O–H groups in total. The molecule has 1 heterocycles. The number of hydrogen-bond acceptors (Lipinski definition) is 3. The number of nitrogens with one attached hydrogen (secondary N) is 1. The Labute approximate surface area is 154 Å². The Morgan fingerprint density at radius 2 is 2.04 bits per heavy atom. The van der Waals surface area contributed by atoms with Crippen LogP contribution in [0.4, 0.5) is 8.78 Å². The number of carbonyl (C=O) groups is 1. The minimum atomic E-state index is -3.05. The zero-order valence-electron chi connectivity index (χ0n) is 14.6. The summed E-state index contributed by atoms with van der Waals surface area (Å²) in [7, 11) is 0. The van der Waals surface area contributed by atoms with E-state index in [2.05, 4.69) is 5.32 Å². The van der Waals surface area contributed by atoms with Crippen LogP contribution < -0.4 is 10.1 Å². The maximum absolute atomic E-state index is 14.3. The van der Waals surface area contributed by atoms with Crippen molar-refractivity contribution in [1.29, 1.82) is 0 Å². The maximum Gasteiger partial charge on any atom is 0.285 e. The van der Waals surface area contributed by atoms with Gasteiger partial charge in [-0.25, -0.2) is 0 Å². The number of carbonyl (C=O) groups excluding carboxylic acids is 1. The van der Waals surface area contributed by atoms with E-state index in [4.69, 9.17) is 4.74 Å². The van der Waals surface area contributed by atoms with E-state index in [-0.39, 0.29) is 30.4 Å². The van der Waals surface area contributed by atoms with Gasteiger partial charge in [-0.1, -0.05) is 25.5 Å². The monoisotopic (exact) mass is 376 g/mol. The lowest BCUT2D eigenvalue weighted by atomic mass is 10.1. The number of nitrogens with zero attached hydrogens (tertiary/aromatic N) is 1. The number of amides is 1. The molecule has 0 bridgehead atoms. The van der Waals surface area contributed by atoms with E-state index in [1.807, 2.05) is 6.92 Å². The molecule has 0 atom stereocenters. The van der Waals surface area contributed by atoms with Crippen molar-refractivity contribution in [2.24, 2.45) is 0 Å². The van der Waals surface area contributed by atoms with Gasteiger partial charge in [0.05, 0.1) is 19.7 Å². The first-order valence-corrected chi connectivity index (χ1v) is 8.62. The summed E-state index contributed by atoms with van der Waals surface area (Å²) in [5, 5.41) is 2.59. The maximum atomic E-state index is 14.3. The fourth-order valence-electron chi connectivity index (χ4n) is 2.65. The summed E-state index contributed by atoms with van der Waals surface area (Å²) in [6.07, 6.45) is 3.87. The molecule has 0 saturated carbocycles. The number of hydrogen-bond donors (Lipinski definition) is 1. The standard InChI is InChI=1S/C18H26F2N2O2.ClH/c1-2-3-11-24-16-8-6-7-15(12-16)18(19,20)14-21-13-17(23)22-9-4-5-10-22;/h6-8,12,21H,2-5,9-11,13-14H2,1H3;1H. The topological polar surface area (TPSA) is 41.6 Å². The summed E-state index contributed by atoms with van der Waals surface area (Å²) < 4.78 is 34.1. The van der Waals surface area contributed by atoms with Crippen molar-refractivity contribution in [3.05, 3.63) is 29.8 Å². The highest BCUT2D eigenvalue weighted by atomic mass is 35.5. The molecule has 4 nitrogen and oxygen atoms in total. The third-order valence-corrected chi connectivity index (χ3v) is 4.11. The second-order valence-electron chi connectivity index (χ2n) is 6.13. The van der Waals surface area contributed by atoms with Crippen molar-refractivity contribution in [3.8, 4) is 5.75 Å². The molecule has 0 radical (unpaired) electrons. The lowest BCUT2D eigenvalue weighted by molar-refractivity contribution is -0.129. The molecule has 25 heavy (non-hydrogen) atoms. The Bertz CT molecular complexity index is 538. The van der Waals surface area contributed by atoms with Gasteiger partial charge >= 0.3 is 0 Å². The van der Waals surface area contributed by atoms with Crippen LogP contribution >= 0.6 is 12.4 Å². The summed E-state index contributed by atoms with van der Waals surface area (Å²) in [6, 6.07) is 6.01. The predicted octanol–water partition coefficient (Wildman–Crippen LogP) is 3.59. The van der Waals surface area contributed by atoms with Crippen LogP contribution in [0.2, 0.25) is 0 Å². The average Bonchev–Trinajstić information content (AvgIpc) is 3.10. The molecule has 0 aliphatic carbocycles. The number of likely N-dealkylation sites (tertiary alicyclic amines) is 1. The molecule has 0 unspecified atom stereocenters. The summed E-state index contributed by atoms with van der Waals surface area (Å²) >= 11 is 0. The highest BCUT2D eigenvalue weighted by Crippen LogP contribution is 2.29. The zero-order valence-corrected chi connectivity index (χ0v) is 15.4. The molecule has 7 heteroatoms. The molecule has 1 aliphatic rings. The SMILES string of the molecule is CCCCOc1cccc(C(F)(F)CNCC(=O)N2CCCC2)c1.Cl. The summed E-state index contributed by atoms with van der Waals surface area (Å²) in [4.78, 5) is 13.6. The van der Waals surface area contributed by atoms with E-state index in [0.29, 0.717) is 12.4 Å². The van der Waals surface area contributed by atoms with Crippen LogP contribution in [-0.4, -0.2) is 43.6 Å². The quantitative estimate of drug-likeness (QED) is 0.670. The van der Waals surface area contributed by atoms with E-state index in [1.54, 1.807) is 17.0 Å². The second-order valence-corrected chi connectivity index (χ2v) is 6.13. The van der Waals surface area contributed by atoms with Gasteiger partial charge in [-0.2, -0.15) is 8.78 Å². The second kappa shape index (κ2) is 10.6. The van der Waals surface area contributed by atoms with E-state index in [1.165, 1.54) is 12.1 Å². The van der Waals surface area contributed by atoms with E-state index in [9.17, 15) is 13.6 Å². The van der Waals surface area contributed by atoms with E-state index in [0.717, 1.165) is 38.8 Å². The third-order valence-electron chi connectivity index (χ3n) is 4.11. The van der Waals surface area contributed by atoms with Crippen molar-refractivity contribution in [2.45, 2.75) is 38.5 Å². The number of benzene rings is 1. The number of rotatable bonds is 9. The minimum absolute atomic E-state index is 0. The van der Waals surface area contributed by atoms with Crippen molar-refractivity contribution < 1.29 is 18.3 Å². The van der Waals surface area contributed by atoms with Gasteiger partial charge in [-0.3, -0.25) is 4.79 Å². The predicted molar refractivity (Wildman–Crippen MR) is 96.7 cm³/mol. The molecule has 1 aliphatic heterocycles. The largest absolute Gasteiger partial charge is 0.494 e. The highest BCUT2D eigenvalue weighted by molar-refractivity contribution is 5.85. The number of unbranched alkanes of at least 4 members (excludes halogenated alkanes) is 1. The number of ether oxygens (including phenoxy) is 1. The Hall–Kier alpha value is -1.40. The zero-order chi connectivity index (χ0) is 17.4. The summed E-state index contributed by atoms with van der Waals surface area (Å²) in [5.74, 6) is -2.70. The van der Waals surface area contributed by atoms with Crippen LogP contribution in [0.3, 0.4) is 0 Å². The fourth-order valence-corrected chi connectivity index (χ4v) is 2.65. The van der Waals surface area contributed by atoms with Gasteiger partial charge in [0.25, 0.3) is 5.92 Å². The Morgan fingerprint density at radius 3 is 2.72 bits per heavy atom. The van der Waals surface area contributed by atoms with Crippen molar-refractivity contribution in [3.63, 3.8) is 0 Å². The van der Waals surface area contributed by atoms with Crippen LogP contribution in [0.15, 0.2) is 24.3 Å². The molecular formula is C18H27ClF2N2O2. The molecule has 142 valence electrons. The summed E-state index contributed by atoms with van der Waals surface area (Å²) in [6.45, 7) is 3.41. The minimum Gasteiger partial charge on any atom is -0.494 e. The first-order chi connectivity index (χ1) is 11.5. The molecular weight excluding hydrogens is 350 g/mol. The fraction of sp³-hybridized carbons (Fsp3) is 0.611. The van der Waals surface area contributed by atoms with Gasteiger partial charge in [-0.05, 0) is 31.4 Å². The average molecular weight is 377 g/mol. The van der Waals surface area contributed by atoms with Gasteiger partial charge in [-0.15, -0.1) is 12.4 Å². The number of halogens is 3. The Kier molecular flexibility index (Phi) is 9.14. The lowest BCUT2D eigenvalue weighted by Gasteiger charge is -2.20. The van der Waals surface area contributed by atoms with Crippen molar-refractivity contribution in [2.75, 3.05) is 32.8 Å². The van der Waals surface area contributed by atoms with Crippen LogP contribution in [0.25, 0.3) is 0 Å². The molecule has 1 saturated heterocycles. The smallest absolute Gasteiger partial charge is 0.285 e. The third kappa shape index (κ3) is 6.78. The van der Waals surface area contributed by atoms with Gasteiger partial charge < -0.3 is 15.0 Å². The van der Waals surface area contributed by atoms with Crippen LogP contribution in [0, 0.1) is 0 Å². The Morgan fingerprint density at radius 1 is 1.32 bits per heavy atom. The number of alkyl halides is 2. The van der Waals surface area contributed by atoms with Crippen molar-refractivity contribution >= 4 is 18.3 Å². The molecule has 1 amide bonds. The molecule has 0 spiro atoms. The summed E-state index contributed by atoms with van der Waals surface area (Å²) in [5.41, 5.74) is -0.0994. The highest BCUT2D eigenvalue weighted by Gasteiger charge is 2.32. The van der Waals surface area contributed by atoms with E-state index >= 15 is 0 Å². The molecule has 1 aromatic rings.